The lowest BCUT2D eigenvalue weighted by atomic mass is 9.87. The first-order valence-corrected chi connectivity index (χ1v) is 11.2. The van der Waals surface area contributed by atoms with E-state index in [-0.39, 0.29) is 35.2 Å². The third kappa shape index (κ3) is 4.18. The number of pyridine rings is 2. The summed E-state index contributed by atoms with van der Waals surface area (Å²) in [7, 11) is 1.51. The average molecular weight is 452 g/mol. The zero-order valence-corrected chi connectivity index (χ0v) is 19.0. The molecule has 33 heavy (non-hydrogen) atoms. The number of aliphatic hydroxyl groups excluding tert-OH is 1. The molecule has 8 heteroatoms. The van der Waals surface area contributed by atoms with Crippen LogP contribution in [0.1, 0.15) is 60.3 Å². The van der Waals surface area contributed by atoms with Crippen LogP contribution in [0.2, 0.25) is 0 Å². The predicted octanol–water partition coefficient (Wildman–Crippen LogP) is 3.78. The van der Waals surface area contributed by atoms with Crippen LogP contribution in [-0.4, -0.2) is 39.5 Å². The lowest BCUT2D eigenvalue weighted by Crippen LogP contribution is -2.26. The molecule has 0 amide bonds. The number of nitrogens with one attached hydrogen (secondary N) is 1. The minimum absolute atomic E-state index is 0.0216. The van der Waals surface area contributed by atoms with Gasteiger partial charge in [-0.05, 0) is 42.4 Å². The second-order valence-electron chi connectivity index (χ2n) is 8.78. The minimum atomic E-state index is -1.32. The maximum atomic E-state index is 13.1. The normalized spacial score (nSPS) is 16.5. The SMILES string of the molecule is COc1nc2c(cc1NC1CCCc3ccccc31)c(=O)c(C(=O)O)cn2[C@H](CO)C(C)C. The predicted molar refractivity (Wildman–Crippen MR) is 126 cm³/mol. The Morgan fingerprint density at radius 2 is 2.09 bits per heavy atom. The smallest absolute Gasteiger partial charge is 0.341 e. The molecular formula is C25H29N3O5. The van der Waals surface area contributed by atoms with Gasteiger partial charge in [0, 0.05) is 6.20 Å². The molecule has 1 aliphatic rings. The van der Waals surface area contributed by atoms with E-state index in [2.05, 4.69) is 22.4 Å². The van der Waals surface area contributed by atoms with Crippen LogP contribution in [-0.2, 0) is 6.42 Å². The number of aryl methyl sites for hydroxylation is 1. The van der Waals surface area contributed by atoms with Gasteiger partial charge in [-0.15, -0.1) is 0 Å². The maximum Gasteiger partial charge on any atom is 0.341 e. The number of carbonyl (C=O) groups is 1. The van der Waals surface area contributed by atoms with E-state index < -0.39 is 17.4 Å². The Kier molecular flexibility index (Phi) is 6.37. The molecule has 3 aromatic rings. The molecule has 2 heterocycles. The highest BCUT2D eigenvalue weighted by Crippen LogP contribution is 2.36. The number of aromatic nitrogens is 2. The topological polar surface area (TPSA) is 114 Å². The summed E-state index contributed by atoms with van der Waals surface area (Å²) in [5.74, 6) is -1.03. The van der Waals surface area contributed by atoms with Gasteiger partial charge in [0.05, 0.1) is 36.9 Å². The number of ether oxygens (including phenoxy) is 1. The molecular weight excluding hydrogens is 422 g/mol. The number of fused-ring (bicyclic) bond motifs is 2. The number of nitrogens with zero attached hydrogens (tertiary/aromatic N) is 2. The van der Waals surface area contributed by atoms with Gasteiger partial charge in [0.25, 0.3) is 0 Å². The highest BCUT2D eigenvalue weighted by molar-refractivity contribution is 5.93. The molecule has 0 saturated carbocycles. The lowest BCUT2D eigenvalue weighted by Gasteiger charge is -2.28. The summed E-state index contributed by atoms with van der Waals surface area (Å²) in [5, 5.41) is 23.3. The molecule has 2 atom stereocenters. The third-order valence-corrected chi connectivity index (χ3v) is 6.41. The van der Waals surface area contributed by atoms with Crippen molar-refractivity contribution in [1.82, 2.24) is 9.55 Å². The number of anilines is 1. The van der Waals surface area contributed by atoms with E-state index in [1.54, 1.807) is 10.6 Å². The van der Waals surface area contributed by atoms with E-state index in [9.17, 15) is 19.8 Å². The summed E-state index contributed by atoms with van der Waals surface area (Å²) in [6, 6.07) is 9.45. The fraction of sp³-hybridized carbons (Fsp3) is 0.400. The lowest BCUT2D eigenvalue weighted by molar-refractivity contribution is 0.0694. The number of benzene rings is 1. The van der Waals surface area contributed by atoms with Crippen LogP contribution in [0.4, 0.5) is 5.69 Å². The summed E-state index contributed by atoms with van der Waals surface area (Å²) in [6.07, 6.45) is 4.23. The van der Waals surface area contributed by atoms with Crippen molar-refractivity contribution in [1.29, 1.82) is 0 Å². The Hall–Kier alpha value is -3.39. The molecule has 0 fully saturated rings. The fourth-order valence-electron chi connectivity index (χ4n) is 4.63. The van der Waals surface area contributed by atoms with Gasteiger partial charge in [-0.1, -0.05) is 38.1 Å². The number of aliphatic hydroxyl groups is 1. The van der Waals surface area contributed by atoms with E-state index in [0.29, 0.717) is 11.6 Å². The quantitative estimate of drug-likeness (QED) is 0.501. The molecule has 1 unspecified atom stereocenters. The van der Waals surface area contributed by atoms with E-state index in [1.165, 1.54) is 24.4 Å². The number of hydrogen-bond acceptors (Lipinski definition) is 6. The van der Waals surface area contributed by atoms with Crippen molar-refractivity contribution in [3.8, 4) is 5.88 Å². The van der Waals surface area contributed by atoms with Gasteiger partial charge in [0.2, 0.25) is 11.3 Å². The molecule has 8 nitrogen and oxygen atoms in total. The summed E-state index contributed by atoms with van der Waals surface area (Å²) < 4.78 is 7.14. The van der Waals surface area contributed by atoms with E-state index in [0.717, 1.165) is 19.3 Å². The number of hydrogen-bond donors (Lipinski definition) is 3. The monoisotopic (exact) mass is 451 g/mol. The van der Waals surface area contributed by atoms with Gasteiger partial charge in [0.15, 0.2) is 0 Å². The van der Waals surface area contributed by atoms with Crippen LogP contribution in [0.3, 0.4) is 0 Å². The molecule has 1 aliphatic carbocycles. The average Bonchev–Trinajstić information content (AvgIpc) is 2.80. The Labute approximate surface area is 191 Å². The number of carboxylic acids is 1. The zero-order valence-electron chi connectivity index (χ0n) is 19.0. The summed E-state index contributed by atoms with van der Waals surface area (Å²) >= 11 is 0. The van der Waals surface area contributed by atoms with Gasteiger partial charge in [-0.3, -0.25) is 4.79 Å². The molecule has 0 saturated heterocycles. The minimum Gasteiger partial charge on any atom is -0.479 e. The molecule has 3 N–H and O–H groups in total. The molecule has 2 aromatic heterocycles. The highest BCUT2D eigenvalue weighted by atomic mass is 16.5. The highest BCUT2D eigenvalue weighted by Gasteiger charge is 2.25. The van der Waals surface area contributed by atoms with Crippen LogP contribution in [0.15, 0.2) is 41.3 Å². The van der Waals surface area contributed by atoms with Crippen molar-refractivity contribution in [2.45, 2.75) is 45.2 Å². The number of rotatable bonds is 7. The number of carboxylic acid groups (broad SMARTS) is 1. The Morgan fingerprint density at radius 1 is 1.33 bits per heavy atom. The molecule has 0 bridgehead atoms. The van der Waals surface area contributed by atoms with Crippen molar-refractivity contribution < 1.29 is 19.7 Å². The Balaban J connectivity index is 1.90. The van der Waals surface area contributed by atoms with E-state index >= 15 is 0 Å². The summed E-state index contributed by atoms with van der Waals surface area (Å²) in [4.78, 5) is 29.5. The van der Waals surface area contributed by atoms with E-state index in [1.807, 2.05) is 26.0 Å². The Morgan fingerprint density at radius 3 is 2.76 bits per heavy atom. The molecule has 174 valence electrons. The molecule has 1 aromatic carbocycles. The van der Waals surface area contributed by atoms with E-state index in [4.69, 9.17) is 4.74 Å². The fourth-order valence-corrected chi connectivity index (χ4v) is 4.63. The second kappa shape index (κ2) is 9.23. The van der Waals surface area contributed by atoms with Gasteiger partial charge >= 0.3 is 5.97 Å². The van der Waals surface area contributed by atoms with Crippen molar-refractivity contribution in [3.05, 3.63) is 63.4 Å². The summed E-state index contributed by atoms with van der Waals surface area (Å²) in [5.41, 5.74) is 2.32. The maximum absolute atomic E-state index is 13.1. The van der Waals surface area contributed by atoms with Crippen LogP contribution < -0.4 is 15.5 Å². The second-order valence-corrected chi connectivity index (χ2v) is 8.78. The number of methoxy groups -OCH3 is 1. The molecule has 0 radical (unpaired) electrons. The van der Waals surface area contributed by atoms with Gasteiger partial charge in [-0.25, -0.2) is 4.79 Å². The van der Waals surface area contributed by atoms with Crippen LogP contribution in [0.5, 0.6) is 5.88 Å². The number of aromatic carboxylic acids is 1. The van der Waals surface area contributed by atoms with Gasteiger partial charge < -0.3 is 24.8 Å². The molecule has 0 spiro atoms. The van der Waals surface area contributed by atoms with Crippen molar-refractivity contribution in [2.75, 3.05) is 19.0 Å². The first kappa shape index (κ1) is 22.8. The van der Waals surface area contributed by atoms with Crippen molar-refractivity contribution in [3.63, 3.8) is 0 Å². The van der Waals surface area contributed by atoms with Crippen LogP contribution >= 0.6 is 0 Å². The molecule has 0 aliphatic heterocycles. The van der Waals surface area contributed by atoms with Gasteiger partial charge in [-0.2, -0.15) is 4.98 Å². The van der Waals surface area contributed by atoms with Crippen LogP contribution in [0.25, 0.3) is 11.0 Å². The Bertz CT molecular complexity index is 1250. The standard InChI is InChI=1S/C25H29N3O5/c1-14(2)21(13-29)28-12-18(25(31)32)22(30)17-11-20(24(33-3)27-23(17)28)26-19-10-6-8-15-7-4-5-9-16(15)19/h4-5,7,9,11-12,14,19,21,26,29H,6,8,10,13H2,1-3H3,(H,31,32)/t19?,21-/m1/s1. The van der Waals surface area contributed by atoms with Crippen LogP contribution in [0, 0.1) is 5.92 Å². The molecule has 4 rings (SSSR count). The largest absolute Gasteiger partial charge is 0.479 e. The van der Waals surface area contributed by atoms with Crippen molar-refractivity contribution in [2.24, 2.45) is 5.92 Å². The zero-order chi connectivity index (χ0) is 23.7. The van der Waals surface area contributed by atoms with Crippen molar-refractivity contribution >= 4 is 22.7 Å². The summed E-state index contributed by atoms with van der Waals surface area (Å²) in [6.45, 7) is 3.61. The third-order valence-electron chi connectivity index (χ3n) is 6.41. The first-order valence-electron chi connectivity index (χ1n) is 11.2. The first-order chi connectivity index (χ1) is 15.8. The van der Waals surface area contributed by atoms with Gasteiger partial charge in [0.1, 0.15) is 11.2 Å².